The number of nitrogens with one attached hydrogen (secondary N) is 2. The van der Waals surface area contributed by atoms with Gasteiger partial charge in [0.25, 0.3) is 0 Å². The molecule has 4 nitrogen and oxygen atoms in total. The molecule has 4 heteroatoms. The molecule has 3 atom stereocenters. The van der Waals surface area contributed by atoms with Crippen LogP contribution in [0.25, 0.3) is 0 Å². The Morgan fingerprint density at radius 2 is 2.14 bits per heavy atom. The summed E-state index contributed by atoms with van der Waals surface area (Å²) in [5.41, 5.74) is 2.72. The van der Waals surface area contributed by atoms with Crippen molar-refractivity contribution in [2.45, 2.75) is 50.2 Å². The zero-order valence-corrected chi connectivity index (χ0v) is 13.1. The summed E-state index contributed by atoms with van der Waals surface area (Å²) >= 11 is 0. The lowest BCUT2D eigenvalue weighted by atomic mass is 9.87. The number of piperazine rings is 1. The van der Waals surface area contributed by atoms with E-state index in [9.17, 15) is 4.79 Å². The number of aryl methyl sites for hydroxylation is 1. The molecule has 2 unspecified atom stereocenters. The summed E-state index contributed by atoms with van der Waals surface area (Å²) in [7, 11) is 0. The van der Waals surface area contributed by atoms with Gasteiger partial charge in [0.1, 0.15) is 0 Å². The molecule has 118 valence electrons. The van der Waals surface area contributed by atoms with Gasteiger partial charge in [0.15, 0.2) is 0 Å². The van der Waals surface area contributed by atoms with Gasteiger partial charge >= 0.3 is 0 Å². The van der Waals surface area contributed by atoms with Gasteiger partial charge in [0.05, 0.1) is 12.1 Å². The highest BCUT2D eigenvalue weighted by Crippen LogP contribution is 2.29. The first-order valence-corrected chi connectivity index (χ1v) is 8.67. The normalized spacial score (nSPS) is 31.4. The van der Waals surface area contributed by atoms with Crippen LogP contribution in [-0.4, -0.2) is 42.5 Å². The Hall–Kier alpha value is -1.39. The number of carbonyl (C=O) groups excluding carboxylic acids is 1. The predicted octanol–water partition coefficient (Wildman–Crippen LogP) is 1.62. The van der Waals surface area contributed by atoms with Crippen LogP contribution in [-0.2, 0) is 11.2 Å². The topological polar surface area (TPSA) is 44.4 Å². The SMILES string of the molecule is O=C(N[C@@H]1CCCc2ccccc21)C1CN2CCCC2CN1. The molecule has 1 aromatic carbocycles. The smallest absolute Gasteiger partial charge is 0.238 e. The Balaban J connectivity index is 1.42. The van der Waals surface area contributed by atoms with Crippen molar-refractivity contribution in [3.63, 3.8) is 0 Å². The third-order valence-electron chi connectivity index (χ3n) is 5.52. The second-order valence-corrected chi connectivity index (χ2v) is 6.90. The number of nitrogens with zero attached hydrogens (tertiary/aromatic N) is 1. The van der Waals surface area contributed by atoms with Crippen LogP contribution in [0.1, 0.15) is 42.9 Å². The molecule has 22 heavy (non-hydrogen) atoms. The summed E-state index contributed by atoms with van der Waals surface area (Å²) in [5, 5.41) is 6.75. The largest absolute Gasteiger partial charge is 0.348 e. The molecule has 0 bridgehead atoms. The Morgan fingerprint density at radius 3 is 3.09 bits per heavy atom. The lowest BCUT2D eigenvalue weighted by Gasteiger charge is -2.36. The van der Waals surface area contributed by atoms with E-state index in [1.165, 1.54) is 24.0 Å². The van der Waals surface area contributed by atoms with Crippen molar-refractivity contribution < 1.29 is 4.79 Å². The maximum atomic E-state index is 12.7. The van der Waals surface area contributed by atoms with Crippen molar-refractivity contribution in [3.8, 4) is 0 Å². The molecular formula is C18H25N3O. The Morgan fingerprint density at radius 1 is 1.23 bits per heavy atom. The van der Waals surface area contributed by atoms with E-state index in [2.05, 4.69) is 39.8 Å². The number of rotatable bonds is 2. The second kappa shape index (κ2) is 6.01. The lowest BCUT2D eigenvalue weighted by molar-refractivity contribution is -0.125. The molecule has 2 heterocycles. The van der Waals surface area contributed by atoms with E-state index in [1.54, 1.807) is 0 Å². The van der Waals surface area contributed by atoms with Crippen molar-refractivity contribution in [3.05, 3.63) is 35.4 Å². The van der Waals surface area contributed by atoms with Gasteiger partial charge in [-0.05, 0) is 49.8 Å². The summed E-state index contributed by atoms with van der Waals surface area (Å²) in [6, 6.07) is 9.33. The van der Waals surface area contributed by atoms with Crippen LogP contribution in [0, 0.1) is 0 Å². The van der Waals surface area contributed by atoms with Gasteiger partial charge in [0.2, 0.25) is 5.91 Å². The predicted molar refractivity (Wildman–Crippen MR) is 86.6 cm³/mol. The van der Waals surface area contributed by atoms with Crippen LogP contribution in [0.3, 0.4) is 0 Å². The highest BCUT2D eigenvalue weighted by atomic mass is 16.2. The first-order valence-electron chi connectivity index (χ1n) is 8.67. The molecule has 1 aliphatic carbocycles. The third-order valence-corrected chi connectivity index (χ3v) is 5.52. The molecule has 2 aliphatic heterocycles. The summed E-state index contributed by atoms with van der Waals surface area (Å²) < 4.78 is 0. The summed E-state index contributed by atoms with van der Waals surface area (Å²) in [5.74, 6) is 0.173. The zero-order chi connectivity index (χ0) is 14.9. The minimum Gasteiger partial charge on any atom is -0.348 e. The number of hydrogen-bond acceptors (Lipinski definition) is 3. The van der Waals surface area contributed by atoms with Crippen LogP contribution in [0.4, 0.5) is 0 Å². The molecule has 1 aromatic rings. The fourth-order valence-corrected chi connectivity index (χ4v) is 4.30. The summed E-state index contributed by atoms with van der Waals surface area (Å²) in [4.78, 5) is 15.1. The van der Waals surface area contributed by atoms with Gasteiger partial charge in [-0.1, -0.05) is 24.3 Å². The fraction of sp³-hybridized carbons (Fsp3) is 0.611. The van der Waals surface area contributed by atoms with Crippen molar-refractivity contribution in [2.75, 3.05) is 19.6 Å². The van der Waals surface area contributed by atoms with Crippen LogP contribution < -0.4 is 10.6 Å². The van der Waals surface area contributed by atoms with Gasteiger partial charge in [-0.15, -0.1) is 0 Å². The molecule has 1 amide bonds. The van der Waals surface area contributed by atoms with Gasteiger partial charge in [-0.3, -0.25) is 9.69 Å². The van der Waals surface area contributed by atoms with Crippen LogP contribution >= 0.6 is 0 Å². The standard InChI is InChI=1S/C18H25N3O/c22-18(17-12-21-10-4-7-14(21)11-19-17)20-16-9-3-6-13-5-1-2-8-15(13)16/h1-2,5,8,14,16-17,19H,3-4,6-7,9-12H2,(H,20,22)/t14?,16-,17?/m1/s1. The molecule has 2 N–H and O–H groups in total. The minimum absolute atomic E-state index is 0.0524. The van der Waals surface area contributed by atoms with Gasteiger partial charge in [0, 0.05) is 19.1 Å². The summed E-state index contributed by atoms with van der Waals surface area (Å²) in [6.45, 7) is 2.98. The molecule has 0 radical (unpaired) electrons. The summed E-state index contributed by atoms with van der Waals surface area (Å²) in [6.07, 6.45) is 5.91. The van der Waals surface area contributed by atoms with Gasteiger partial charge in [-0.25, -0.2) is 0 Å². The van der Waals surface area contributed by atoms with E-state index in [4.69, 9.17) is 0 Å². The Bertz CT molecular complexity index is 559. The molecule has 0 spiro atoms. The quantitative estimate of drug-likeness (QED) is 0.872. The molecule has 2 fully saturated rings. The van der Waals surface area contributed by atoms with Crippen LogP contribution in [0.2, 0.25) is 0 Å². The first kappa shape index (κ1) is 14.2. The highest BCUT2D eigenvalue weighted by molar-refractivity contribution is 5.82. The fourth-order valence-electron chi connectivity index (χ4n) is 4.30. The minimum atomic E-state index is -0.0524. The molecule has 0 aromatic heterocycles. The molecule has 3 aliphatic rings. The number of amides is 1. The maximum Gasteiger partial charge on any atom is 0.238 e. The Kier molecular flexibility index (Phi) is 3.89. The maximum absolute atomic E-state index is 12.7. The average molecular weight is 299 g/mol. The van der Waals surface area contributed by atoms with E-state index in [0.29, 0.717) is 6.04 Å². The lowest BCUT2D eigenvalue weighted by Crippen LogP contribution is -2.59. The zero-order valence-electron chi connectivity index (χ0n) is 13.1. The second-order valence-electron chi connectivity index (χ2n) is 6.90. The van der Waals surface area contributed by atoms with E-state index in [-0.39, 0.29) is 18.0 Å². The van der Waals surface area contributed by atoms with Gasteiger partial charge in [-0.2, -0.15) is 0 Å². The number of hydrogen-bond donors (Lipinski definition) is 2. The van der Waals surface area contributed by atoms with E-state index >= 15 is 0 Å². The molecular weight excluding hydrogens is 274 g/mol. The van der Waals surface area contributed by atoms with Crippen LogP contribution in [0.5, 0.6) is 0 Å². The average Bonchev–Trinajstić information content (AvgIpc) is 3.02. The number of carbonyl (C=O) groups is 1. The van der Waals surface area contributed by atoms with Crippen molar-refractivity contribution in [1.82, 2.24) is 15.5 Å². The number of fused-ring (bicyclic) bond motifs is 2. The first-order chi connectivity index (χ1) is 10.8. The molecule has 0 saturated carbocycles. The number of benzene rings is 1. The van der Waals surface area contributed by atoms with Crippen LogP contribution in [0.15, 0.2) is 24.3 Å². The van der Waals surface area contributed by atoms with E-state index in [0.717, 1.165) is 38.9 Å². The van der Waals surface area contributed by atoms with E-state index < -0.39 is 0 Å². The monoisotopic (exact) mass is 299 g/mol. The molecule has 4 rings (SSSR count). The van der Waals surface area contributed by atoms with Crippen molar-refractivity contribution in [1.29, 1.82) is 0 Å². The third kappa shape index (κ3) is 2.66. The van der Waals surface area contributed by atoms with Crippen molar-refractivity contribution in [2.24, 2.45) is 0 Å². The van der Waals surface area contributed by atoms with Gasteiger partial charge < -0.3 is 10.6 Å². The van der Waals surface area contributed by atoms with Crippen molar-refractivity contribution >= 4 is 5.91 Å². The highest BCUT2D eigenvalue weighted by Gasteiger charge is 2.35. The molecule has 2 saturated heterocycles. The van der Waals surface area contributed by atoms with E-state index in [1.807, 2.05) is 0 Å². The Labute approximate surface area is 132 Å².